The third-order valence-electron chi connectivity index (χ3n) is 4.62. The standard InChI is InChI=1S/C23H26N2O4/c1-23(2,3)29-22(28)24-14-17(13-16-9-5-4-6-10-16)15-25-20(26)18-11-7-8-12-19(18)21(25)27/h4-12,17H,13-15H2,1-3H3,(H,24,28)/t17-/m1/s1. The lowest BCUT2D eigenvalue weighted by Gasteiger charge is -2.24. The topological polar surface area (TPSA) is 75.7 Å². The number of alkyl carbamates (subject to hydrolysis) is 1. The number of nitrogens with one attached hydrogen (secondary N) is 1. The molecule has 0 bridgehead atoms. The second-order valence-corrected chi connectivity index (χ2v) is 8.21. The highest BCUT2D eigenvalue weighted by Crippen LogP contribution is 2.24. The fourth-order valence-electron chi connectivity index (χ4n) is 3.35. The minimum absolute atomic E-state index is 0.146. The number of imide groups is 1. The van der Waals surface area contributed by atoms with Crippen molar-refractivity contribution >= 4 is 17.9 Å². The van der Waals surface area contributed by atoms with Crippen molar-refractivity contribution < 1.29 is 19.1 Å². The molecular formula is C23H26N2O4. The highest BCUT2D eigenvalue weighted by molar-refractivity contribution is 6.21. The number of hydrogen-bond acceptors (Lipinski definition) is 4. The zero-order valence-corrected chi connectivity index (χ0v) is 17.0. The SMILES string of the molecule is CC(C)(C)OC(=O)NC[C@@H](Cc1ccccc1)CN1C(=O)c2ccccc2C1=O. The summed E-state index contributed by atoms with van der Waals surface area (Å²) in [6.45, 7) is 5.90. The fraction of sp³-hybridized carbons (Fsp3) is 0.348. The summed E-state index contributed by atoms with van der Waals surface area (Å²) in [6.07, 6.45) is 0.0993. The number of carbonyl (C=O) groups excluding carboxylic acids is 3. The molecule has 0 saturated heterocycles. The normalized spacial score (nSPS) is 14.5. The molecule has 0 radical (unpaired) electrons. The Balaban J connectivity index is 1.72. The highest BCUT2D eigenvalue weighted by Gasteiger charge is 2.36. The average molecular weight is 394 g/mol. The molecule has 1 heterocycles. The van der Waals surface area contributed by atoms with Gasteiger partial charge >= 0.3 is 6.09 Å². The Kier molecular flexibility index (Phi) is 6.01. The van der Waals surface area contributed by atoms with E-state index < -0.39 is 11.7 Å². The molecule has 3 amide bonds. The molecule has 2 aromatic rings. The van der Waals surface area contributed by atoms with Gasteiger partial charge in [0.15, 0.2) is 0 Å². The number of ether oxygens (including phenoxy) is 1. The van der Waals surface area contributed by atoms with Crippen molar-refractivity contribution in [1.29, 1.82) is 0 Å². The van der Waals surface area contributed by atoms with Gasteiger partial charge in [-0.05, 0) is 50.8 Å². The maximum Gasteiger partial charge on any atom is 0.407 e. The molecule has 0 saturated carbocycles. The highest BCUT2D eigenvalue weighted by atomic mass is 16.6. The summed E-state index contributed by atoms with van der Waals surface area (Å²) >= 11 is 0. The smallest absolute Gasteiger partial charge is 0.407 e. The van der Waals surface area contributed by atoms with E-state index in [9.17, 15) is 14.4 Å². The van der Waals surface area contributed by atoms with Crippen LogP contribution in [-0.4, -0.2) is 41.5 Å². The van der Waals surface area contributed by atoms with Gasteiger partial charge in [0.05, 0.1) is 11.1 Å². The Labute approximate surface area is 170 Å². The molecule has 1 atom stereocenters. The molecule has 0 aromatic heterocycles. The van der Waals surface area contributed by atoms with Gasteiger partial charge in [-0.15, -0.1) is 0 Å². The van der Waals surface area contributed by atoms with Crippen LogP contribution in [0.3, 0.4) is 0 Å². The Hall–Kier alpha value is -3.15. The van der Waals surface area contributed by atoms with Crippen LogP contribution in [0.15, 0.2) is 54.6 Å². The molecular weight excluding hydrogens is 368 g/mol. The van der Waals surface area contributed by atoms with Crippen LogP contribution in [0.25, 0.3) is 0 Å². The van der Waals surface area contributed by atoms with Crippen molar-refractivity contribution in [2.45, 2.75) is 32.8 Å². The van der Waals surface area contributed by atoms with E-state index in [1.165, 1.54) is 4.90 Å². The van der Waals surface area contributed by atoms with Gasteiger partial charge in [-0.2, -0.15) is 0 Å². The lowest BCUT2D eigenvalue weighted by molar-refractivity contribution is 0.0513. The largest absolute Gasteiger partial charge is 0.444 e. The summed E-state index contributed by atoms with van der Waals surface area (Å²) in [4.78, 5) is 38.8. The van der Waals surface area contributed by atoms with E-state index in [1.807, 2.05) is 30.3 Å². The van der Waals surface area contributed by atoms with Crippen molar-refractivity contribution in [3.05, 3.63) is 71.3 Å². The van der Waals surface area contributed by atoms with E-state index in [2.05, 4.69) is 5.32 Å². The molecule has 3 rings (SSSR count). The van der Waals surface area contributed by atoms with Crippen LogP contribution in [0.2, 0.25) is 0 Å². The molecule has 0 fully saturated rings. The summed E-state index contributed by atoms with van der Waals surface area (Å²) in [5, 5.41) is 2.77. The Morgan fingerprint density at radius 1 is 0.966 bits per heavy atom. The second kappa shape index (κ2) is 8.47. The minimum atomic E-state index is -0.596. The van der Waals surface area contributed by atoms with Gasteiger partial charge in [0.1, 0.15) is 5.60 Å². The number of carbonyl (C=O) groups is 3. The van der Waals surface area contributed by atoms with Gasteiger partial charge in [0.2, 0.25) is 0 Å². The van der Waals surface area contributed by atoms with E-state index in [1.54, 1.807) is 45.0 Å². The number of benzene rings is 2. The van der Waals surface area contributed by atoms with Crippen LogP contribution in [-0.2, 0) is 11.2 Å². The molecule has 1 N–H and O–H groups in total. The Morgan fingerprint density at radius 3 is 2.07 bits per heavy atom. The predicted octanol–water partition coefficient (Wildman–Crippen LogP) is 3.67. The van der Waals surface area contributed by atoms with Crippen molar-refractivity contribution in [2.24, 2.45) is 5.92 Å². The fourth-order valence-corrected chi connectivity index (χ4v) is 3.35. The van der Waals surface area contributed by atoms with E-state index in [4.69, 9.17) is 4.74 Å². The van der Waals surface area contributed by atoms with Gasteiger partial charge in [-0.3, -0.25) is 14.5 Å². The number of hydrogen-bond donors (Lipinski definition) is 1. The first-order chi connectivity index (χ1) is 13.7. The number of amides is 3. The molecule has 152 valence electrons. The maximum atomic E-state index is 12.7. The van der Waals surface area contributed by atoms with Crippen LogP contribution in [0, 0.1) is 5.92 Å². The van der Waals surface area contributed by atoms with E-state index >= 15 is 0 Å². The summed E-state index contributed by atoms with van der Waals surface area (Å²) in [6, 6.07) is 16.6. The lowest BCUT2D eigenvalue weighted by atomic mass is 9.98. The quantitative estimate of drug-likeness (QED) is 0.759. The molecule has 2 aromatic carbocycles. The number of nitrogens with zero attached hydrogens (tertiary/aromatic N) is 1. The predicted molar refractivity (Wildman–Crippen MR) is 110 cm³/mol. The van der Waals surface area contributed by atoms with Crippen LogP contribution in [0.5, 0.6) is 0 Å². The molecule has 6 nitrogen and oxygen atoms in total. The first kappa shape index (κ1) is 20.6. The summed E-state index contributed by atoms with van der Waals surface area (Å²) in [5.41, 5.74) is 1.33. The third-order valence-corrected chi connectivity index (χ3v) is 4.62. The third kappa shape index (κ3) is 5.22. The van der Waals surface area contributed by atoms with Crippen molar-refractivity contribution in [3.8, 4) is 0 Å². The maximum absolute atomic E-state index is 12.7. The van der Waals surface area contributed by atoms with E-state index in [0.29, 0.717) is 17.5 Å². The van der Waals surface area contributed by atoms with Gasteiger partial charge in [-0.1, -0.05) is 42.5 Å². The van der Waals surface area contributed by atoms with Crippen molar-refractivity contribution in [2.75, 3.05) is 13.1 Å². The Morgan fingerprint density at radius 2 is 1.52 bits per heavy atom. The van der Waals surface area contributed by atoms with Crippen LogP contribution in [0.1, 0.15) is 47.1 Å². The summed E-state index contributed by atoms with van der Waals surface area (Å²) in [7, 11) is 0. The first-order valence-electron chi connectivity index (χ1n) is 9.70. The lowest BCUT2D eigenvalue weighted by Crippen LogP contribution is -2.41. The van der Waals surface area contributed by atoms with Gasteiger partial charge in [0, 0.05) is 13.1 Å². The van der Waals surface area contributed by atoms with Gasteiger partial charge in [-0.25, -0.2) is 4.79 Å². The zero-order valence-electron chi connectivity index (χ0n) is 17.0. The van der Waals surface area contributed by atoms with Crippen molar-refractivity contribution in [1.82, 2.24) is 10.2 Å². The molecule has 0 spiro atoms. The summed E-state index contributed by atoms with van der Waals surface area (Å²) < 4.78 is 5.30. The minimum Gasteiger partial charge on any atom is -0.444 e. The van der Waals surface area contributed by atoms with Crippen LogP contribution < -0.4 is 5.32 Å². The van der Waals surface area contributed by atoms with Gasteiger partial charge < -0.3 is 10.1 Å². The second-order valence-electron chi connectivity index (χ2n) is 8.21. The van der Waals surface area contributed by atoms with E-state index in [0.717, 1.165) is 5.56 Å². The molecule has 1 aliphatic heterocycles. The Bertz CT molecular complexity index is 868. The molecule has 0 unspecified atom stereocenters. The average Bonchev–Trinajstić information content (AvgIpc) is 2.91. The van der Waals surface area contributed by atoms with Crippen LogP contribution >= 0.6 is 0 Å². The molecule has 0 aliphatic carbocycles. The number of rotatable bonds is 6. The molecule has 29 heavy (non-hydrogen) atoms. The van der Waals surface area contributed by atoms with E-state index in [-0.39, 0.29) is 30.8 Å². The monoisotopic (exact) mass is 394 g/mol. The van der Waals surface area contributed by atoms with Crippen molar-refractivity contribution in [3.63, 3.8) is 0 Å². The number of fused-ring (bicyclic) bond motifs is 1. The van der Waals surface area contributed by atoms with Gasteiger partial charge in [0.25, 0.3) is 11.8 Å². The summed E-state index contributed by atoms with van der Waals surface area (Å²) in [5.74, 6) is -0.728. The van der Waals surface area contributed by atoms with Crippen LogP contribution in [0.4, 0.5) is 4.79 Å². The first-order valence-corrected chi connectivity index (χ1v) is 9.70. The molecule has 6 heteroatoms. The zero-order chi connectivity index (χ0) is 21.0. The molecule has 1 aliphatic rings.